The molecular formula is C11H16N2O3S2. The standard InChI is InChI=1S/C11H16N2O3S2/c1-3-10-13-8(5-18-10)4-17-6-9(11(15)16)12-7(2)14/h5,9H,3-4,6H2,1-2H3,(H,12,14)(H,15,16). The summed E-state index contributed by atoms with van der Waals surface area (Å²) in [5, 5.41) is 14.4. The largest absolute Gasteiger partial charge is 0.480 e. The van der Waals surface area contributed by atoms with Crippen molar-refractivity contribution in [3.63, 3.8) is 0 Å². The number of carbonyl (C=O) groups is 2. The van der Waals surface area contributed by atoms with E-state index in [0.29, 0.717) is 11.5 Å². The number of aliphatic carboxylic acids is 1. The third kappa shape index (κ3) is 5.05. The van der Waals surface area contributed by atoms with Crippen molar-refractivity contribution in [2.45, 2.75) is 32.1 Å². The highest BCUT2D eigenvalue weighted by Gasteiger charge is 2.18. The van der Waals surface area contributed by atoms with Crippen molar-refractivity contribution in [1.82, 2.24) is 10.3 Å². The summed E-state index contributed by atoms with van der Waals surface area (Å²) < 4.78 is 0. The molecule has 18 heavy (non-hydrogen) atoms. The third-order valence-corrected chi connectivity index (χ3v) is 4.22. The molecule has 0 aromatic carbocycles. The normalized spacial score (nSPS) is 12.1. The first-order valence-corrected chi connectivity index (χ1v) is 7.57. The fourth-order valence-electron chi connectivity index (χ4n) is 1.28. The second-order valence-electron chi connectivity index (χ2n) is 3.69. The number of hydrogen-bond acceptors (Lipinski definition) is 5. The van der Waals surface area contributed by atoms with Gasteiger partial charge >= 0.3 is 5.97 Å². The second kappa shape index (κ2) is 7.38. The summed E-state index contributed by atoms with van der Waals surface area (Å²) in [6.45, 7) is 3.36. The number of aryl methyl sites for hydroxylation is 1. The summed E-state index contributed by atoms with van der Waals surface area (Å²) in [7, 11) is 0. The minimum absolute atomic E-state index is 0.329. The van der Waals surface area contributed by atoms with E-state index in [1.807, 2.05) is 12.3 Å². The number of carboxylic acids is 1. The first kappa shape index (κ1) is 15.0. The van der Waals surface area contributed by atoms with Crippen LogP contribution >= 0.6 is 23.1 Å². The van der Waals surface area contributed by atoms with Crippen molar-refractivity contribution in [2.75, 3.05) is 5.75 Å². The predicted molar refractivity (Wildman–Crippen MR) is 72.9 cm³/mol. The quantitative estimate of drug-likeness (QED) is 0.795. The Morgan fingerprint density at radius 1 is 1.61 bits per heavy atom. The van der Waals surface area contributed by atoms with Crippen LogP contribution in [0.2, 0.25) is 0 Å². The molecule has 100 valence electrons. The van der Waals surface area contributed by atoms with Gasteiger partial charge in [0, 0.05) is 23.8 Å². The Labute approximate surface area is 114 Å². The fraction of sp³-hybridized carbons (Fsp3) is 0.545. The summed E-state index contributed by atoms with van der Waals surface area (Å²) in [6, 6.07) is -0.836. The number of nitrogens with zero attached hydrogens (tertiary/aromatic N) is 1. The molecule has 1 atom stereocenters. The Morgan fingerprint density at radius 3 is 2.83 bits per heavy atom. The Balaban J connectivity index is 2.38. The van der Waals surface area contributed by atoms with E-state index in [-0.39, 0.29) is 5.91 Å². The summed E-state index contributed by atoms with van der Waals surface area (Å²) in [5.41, 5.74) is 0.966. The molecule has 0 spiro atoms. The average molecular weight is 288 g/mol. The lowest BCUT2D eigenvalue weighted by molar-refractivity contribution is -0.140. The van der Waals surface area contributed by atoms with Gasteiger partial charge in [-0.25, -0.2) is 9.78 Å². The molecule has 0 radical (unpaired) electrons. The maximum atomic E-state index is 10.9. The Kier molecular flexibility index (Phi) is 6.14. The molecular weight excluding hydrogens is 272 g/mol. The van der Waals surface area contributed by atoms with Crippen LogP contribution in [0.4, 0.5) is 0 Å². The molecule has 1 aromatic heterocycles. The van der Waals surface area contributed by atoms with Crippen LogP contribution in [0.3, 0.4) is 0 Å². The van der Waals surface area contributed by atoms with Crippen LogP contribution in [0.25, 0.3) is 0 Å². The number of thioether (sulfide) groups is 1. The highest BCUT2D eigenvalue weighted by Crippen LogP contribution is 2.16. The first-order chi connectivity index (χ1) is 8.52. The van der Waals surface area contributed by atoms with Crippen molar-refractivity contribution >= 4 is 35.0 Å². The van der Waals surface area contributed by atoms with Gasteiger partial charge in [-0.3, -0.25) is 4.79 Å². The van der Waals surface area contributed by atoms with Crippen molar-refractivity contribution in [3.8, 4) is 0 Å². The van der Waals surface area contributed by atoms with E-state index in [4.69, 9.17) is 5.11 Å². The Hall–Kier alpha value is -1.08. The minimum Gasteiger partial charge on any atom is -0.480 e. The van der Waals surface area contributed by atoms with E-state index >= 15 is 0 Å². The molecule has 2 N–H and O–H groups in total. The van der Waals surface area contributed by atoms with Gasteiger partial charge in [-0.05, 0) is 6.42 Å². The molecule has 0 aliphatic heterocycles. The lowest BCUT2D eigenvalue weighted by atomic mass is 10.3. The van der Waals surface area contributed by atoms with Crippen LogP contribution in [0.5, 0.6) is 0 Å². The Morgan fingerprint density at radius 2 is 2.33 bits per heavy atom. The summed E-state index contributed by atoms with van der Waals surface area (Å²) in [6.07, 6.45) is 0.916. The lowest BCUT2D eigenvalue weighted by Gasteiger charge is -2.11. The van der Waals surface area contributed by atoms with Gasteiger partial charge in [0.05, 0.1) is 10.7 Å². The van der Waals surface area contributed by atoms with Crippen molar-refractivity contribution in [2.24, 2.45) is 0 Å². The number of carbonyl (C=O) groups excluding carboxylic acids is 1. The topological polar surface area (TPSA) is 79.3 Å². The van der Waals surface area contributed by atoms with Gasteiger partial charge in [0.2, 0.25) is 5.91 Å². The minimum atomic E-state index is -1.01. The second-order valence-corrected chi connectivity index (χ2v) is 5.67. The van der Waals surface area contributed by atoms with E-state index in [2.05, 4.69) is 10.3 Å². The first-order valence-electron chi connectivity index (χ1n) is 5.53. The van der Waals surface area contributed by atoms with Gasteiger partial charge in [-0.2, -0.15) is 11.8 Å². The number of hydrogen-bond donors (Lipinski definition) is 2. The third-order valence-electron chi connectivity index (χ3n) is 2.11. The lowest BCUT2D eigenvalue weighted by Crippen LogP contribution is -2.41. The molecule has 0 saturated carbocycles. The van der Waals surface area contributed by atoms with E-state index < -0.39 is 12.0 Å². The van der Waals surface area contributed by atoms with Gasteiger partial charge < -0.3 is 10.4 Å². The zero-order valence-corrected chi connectivity index (χ0v) is 11.9. The van der Waals surface area contributed by atoms with Crippen molar-refractivity contribution in [3.05, 3.63) is 16.1 Å². The smallest absolute Gasteiger partial charge is 0.327 e. The van der Waals surface area contributed by atoms with Crippen LogP contribution in [-0.4, -0.2) is 33.8 Å². The molecule has 0 aliphatic carbocycles. The molecule has 7 heteroatoms. The van der Waals surface area contributed by atoms with Crippen LogP contribution in [-0.2, 0) is 21.8 Å². The van der Waals surface area contributed by atoms with Crippen LogP contribution in [0, 0.1) is 0 Å². The van der Waals surface area contributed by atoms with Crippen LogP contribution < -0.4 is 5.32 Å². The van der Waals surface area contributed by atoms with Gasteiger partial charge in [-0.15, -0.1) is 11.3 Å². The van der Waals surface area contributed by atoms with Gasteiger partial charge in [0.1, 0.15) is 6.04 Å². The molecule has 1 rings (SSSR count). The van der Waals surface area contributed by atoms with Gasteiger partial charge in [-0.1, -0.05) is 6.92 Å². The van der Waals surface area contributed by atoms with E-state index in [1.165, 1.54) is 18.7 Å². The van der Waals surface area contributed by atoms with Gasteiger partial charge in [0.15, 0.2) is 0 Å². The molecule has 0 saturated heterocycles. The van der Waals surface area contributed by atoms with Crippen LogP contribution in [0.1, 0.15) is 24.5 Å². The Bertz CT molecular complexity index is 420. The maximum absolute atomic E-state index is 10.9. The molecule has 1 amide bonds. The fourth-order valence-corrected chi connectivity index (χ4v) is 3.07. The zero-order chi connectivity index (χ0) is 13.5. The highest BCUT2D eigenvalue weighted by molar-refractivity contribution is 7.98. The SMILES string of the molecule is CCc1nc(CSCC(NC(C)=O)C(=O)O)cs1. The molecule has 0 fully saturated rings. The monoisotopic (exact) mass is 288 g/mol. The maximum Gasteiger partial charge on any atom is 0.327 e. The van der Waals surface area contributed by atoms with Crippen LogP contribution in [0.15, 0.2) is 5.38 Å². The summed E-state index contributed by atoms with van der Waals surface area (Å²) in [5.74, 6) is -0.330. The predicted octanol–water partition coefficient (Wildman–Crippen LogP) is 1.53. The number of rotatable bonds is 7. The summed E-state index contributed by atoms with van der Waals surface area (Å²) in [4.78, 5) is 26.1. The molecule has 5 nitrogen and oxygen atoms in total. The number of carboxylic acid groups (broad SMARTS) is 1. The molecule has 1 aromatic rings. The molecule has 1 heterocycles. The van der Waals surface area contributed by atoms with Crippen molar-refractivity contribution < 1.29 is 14.7 Å². The number of amides is 1. The molecule has 0 bridgehead atoms. The summed E-state index contributed by atoms with van der Waals surface area (Å²) >= 11 is 3.07. The number of thiazole rings is 1. The molecule has 1 unspecified atom stereocenters. The van der Waals surface area contributed by atoms with E-state index in [0.717, 1.165) is 17.1 Å². The van der Waals surface area contributed by atoms with Crippen molar-refractivity contribution in [1.29, 1.82) is 0 Å². The van der Waals surface area contributed by atoms with Gasteiger partial charge in [0.25, 0.3) is 0 Å². The highest BCUT2D eigenvalue weighted by atomic mass is 32.2. The van der Waals surface area contributed by atoms with E-state index in [9.17, 15) is 9.59 Å². The number of nitrogens with one attached hydrogen (secondary N) is 1. The molecule has 0 aliphatic rings. The average Bonchev–Trinajstić information content (AvgIpc) is 2.75. The number of aromatic nitrogens is 1. The van der Waals surface area contributed by atoms with E-state index in [1.54, 1.807) is 11.3 Å². The zero-order valence-electron chi connectivity index (χ0n) is 10.3.